The largest absolute Gasteiger partial charge is 0.506 e. The molecule has 0 unspecified atom stereocenters. The van der Waals surface area contributed by atoms with Crippen molar-refractivity contribution in [1.29, 1.82) is 0 Å². The highest BCUT2D eigenvalue weighted by atomic mass is 79.9. The molecule has 3 N–H and O–H groups in total. The van der Waals surface area contributed by atoms with E-state index in [1.54, 1.807) is 18.2 Å². The summed E-state index contributed by atoms with van der Waals surface area (Å²) in [6.45, 7) is 0. The molecule has 2 aromatic carbocycles. The monoisotopic (exact) mass is 317 g/mol. The summed E-state index contributed by atoms with van der Waals surface area (Å²) in [5.74, 6) is -0.967. The van der Waals surface area contributed by atoms with Gasteiger partial charge in [0.15, 0.2) is 11.6 Å². The first-order valence-corrected chi connectivity index (χ1v) is 6.31. The maximum absolute atomic E-state index is 12.4. The molecule has 0 spiro atoms. The zero-order valence-electron chi connectivity index (χ0n) is 9.61. The van der Waals surface area contributed by atoms with E-state index < -0.39 is 5.78 Å². The maximum atomic E-state index is 12.4. The predicted molar refractivity (Wildman–Crippen MR) is 73.5 cm³/mol. The summed E-state index contributed by atoms with van der Waals surface area (Å²) >= 11 is 3.14. The van der Waals surface area contributed by atoms with E-state index in [1.165, 1.54) is 12.1 Å². The minimum Gasteiger partial charge on any atom is -0.506 e. The molecule has 3 rings (SSSR count). The third kappa shape index (κ3) is 1.51. The lowest BCUT2D eigenvalue weighted by Crippen LogP contribution is -2.22. The van der Waals surface area contributed by atoms with E-state index in [4.69, 9.17) is 5.73 Å². The first-order chi connectivity index (χ1) is 9.02. The molecular formula is C14H8BrNO3. The summed E-state index contributed by atoms with van der Waals surface area (Å²) in [6, 6.07) is 7.81. The number of aromatic hydroxyl groups is 1. The first-order valence-electron chi connectivity index (χ1n) is 5.51. The SMILES string of the molecule is Nc1cccc2c1C(=O)c1c(ccc(Br)c1O)C2=O. The predicted octanol–water partition coefficient (Wildman–Crippen LogP) is 2.51. The molecule has 0 amide bonds. The molecule has 94 valence electrons. The van der Waals surface area contributed by atoms with Crippen molar-refractivity contribution in [2.75, 3.05) is 5.73 Å². The zero-order chi connectivity index (χ0) is 13.7. The van der Waals surface area contributed by atoms with Gasteiger partial charge in [-0.2, -0.15) is 0 Å². The Morgan fingerprint density at radius 1 is 0.947 bits per heavy atom. The number of phenols is 1. The van der Waals surface area contributed by atoms with Crippen LogP contribution in [0.1, 0.15) is 31.8 Å². The Morgan fingerprint density at radius 2 is 1.63 bits per heavy atom. The lowest BCUT2D eigenvalue weighted by molar-refractivity contribution is 0.0977. The van der Waals surface area contributed by atoms with Gasteiger partial charge in [0.1, 0.15) is 5.75 Å². The van der Waals surface area contributed by atoms with E-state index >= 15 is 0 Å². The quantitative estimate of drug-likeness (QED) is 0.624. The number of nitrogen functional groups attached to an aromatic ring is 1. The number of anilines is 1. The Kier molecular flexibility index (Phi) is 2.46. The molecule has 5 heteroatoms. The smallest absolute Gasteiger partial charge is 0.200 e. The number of nitrogens with two attached hydrogens (primary N) is 1. The van der Waals surface area contributed by atoms with Crippen LogP contribution >= 0.6 is 15.9 Å². The Morgan fingerprint density at radius 3 is 2.37 bits per heavy atom. The van der Waals surface area contributed by atoms with Crippen LogP contribution in [0.4, 0.5) is 5.69 Å². The highest BCUT2D eigenvalue weighted by Crippen LogP contribution is 2.38. The normalized spacial score (nSPS) is 13.1. The van der Waals surface area contributed by atoms with Gasteiger partial charge >= 0.3 is 0 Å². The molecular weight excluding hydrogens is 310 g/mol. The number of fused-ring (bicyclic) bond motifs is 2. The van der Waals surface area contributed by atoms with Gasteiger partial charge in [-0.1, -0.05) is 12.1 Å². The molecule has 0 aromatic heterocycles. The second-order valence-electron chi connectivity index (χ2n) is 4.25. The van der Waals surface area contributed by atoms with Crippen molar-refractivity contribution in [1.82, 2.24) is 0 Å². The number of hydrogen-bond donors (Lipinski definition) is 2. The van der Waals surface area contributed by atoms with Gasteiger partial charge in [-0.15, -0.1) is 0 Å². The van der Waals surface area contributed by atoms with Crippen LogP contribution in [0.3, 0.4) is 0 Å². The lowest BCUT2D eigenvalue weighted by Gasteiger charge is -2.19. The number of carbonyl (C=O) groups excluding carboxylic acids is 2. The Hall–Kier alpha value is -2.14. The van der Waals surface area contributed by atoms with Gasteiger partial charge in [-0.3, -0.25) is 9.59 Å². The molecule has 1 aliphatic carbocycles. The van der Waals surface area contributed by atoms with E-state index in [0.717, 1.165) is 0 Å². The van der Waals surface area contributed by atoms with Crippen LogP contribution in [0.15, 0.2) is 34.8 Å². The van der Waals surface area contributed by atoms with E-state index in [2.05, 4.69) is 15.9 Å². The van der Waals surface area contributed by atoms with Crippen LogP contribution in [0.5, 0.6) is 5.75 Å². The summed E-state index contributed by atoms with van der Waals surface area (Å²) in [6.07, 6.45) is 0. The van der Waals surface area contributed by atoms with Crippen molar-refractivity contribution in [3.63, 3.8) is 0 Å². The molecule has 0 fully saturated rings. The minimum absolute atomic E-state index is 0.00442. The molecule has 19 heavy (non-hydrogen) atoms. The summed E-state index contributed by atoms with van der Waals surface area (Å²) in [5.41, 5.74) is 6.65. The fourth-order valence-electron chi connectivity index (χ4n) is 2.27. The van der Waals surface area contributed by atoms with Crippen LogP contribution in [-0.2, 0) is 0 Å². The van der Waals surface area contributed by atoms with Crippen molar-refractivity contribution in [3.8, 4) is 5.75 Å². The fraction of sp³-hybridized carbons (Fsp3) is 0. The fourth-order valence-corrected chi connectivity index (χ4v) is 2.60. The molecule has 4 nitrogen and oxygen atoms in total. The second-order valence-corrected chi connectivity index (χ2v) is 5.10. The first kappa shape index (κ1) is 11.9. The van der Waals surface area contributed by atoms with Crippen molar-refractivity contribution in [2.45, 2.75) is 0 Å². The van der Waals surface area contributed by atoms with Crippen molar-refractivity contribution in [2.24, 2.45) is 0 Å². The van der Waals surface area contributed by atoms with Crippen molar-refractivity contribution < 1.29 is 14.7 Å². The number of hydrogen-bond acceptors (Lipinski definition) is 4. The van der Waals surface area contributed by atoms with Crippen LogP contribution in [0.25, 0.3) is 0 Å². The van der Waals surface area contributed by atoms with Crippen LogP contribution in [-0.4, -0.2) is 16.7 Å². The van der Waals surface area contributed by atoms with Gasteiger partial charge < -0.3 is 10.8 Å². The Balaban J connectivity index is 2.40. The molecule has 0 heterocycles. The molecule has 0 atom stereocenters. The Labute approximate surface area is 117 Å². The summed E-state index contributed by atoms with van der Waals surface area (Å²) in [7, 11) is 0. The van der Waals surface area contributed by atoms with Gasteiger partial charge in [0, 0.05) is 16.8 Å². The van der Waals surface area contributed by atoms with Crippen LogP contribution in [0, 0.1) is 0 Å². The molecule has 2 aromatic rings. The summed E-state index contributed by atoms with van der Waals surface area (Å²) in [5, 5.41) is 9.99. The molecule has 0 saturated carbocycles. The molecule has 0 aliphatic heterocycles. The maximum Gasteiger partial charge on any atom is 0.200 e. The number of ketones is 2. The number of phenolic OH excluding ortho intramolecular Hbond substituents is 1. The average molecular weight is 318 g/mol. The lowest BCUT2D eigenvalue weighted by atomic mass is 9.83. The summed E-state index contributed by atoms with van der Waals surface area (Å²) < 4.78 is 0.366. The summed E-state index contributed by atoms with van der Waals surface area (Å²) in [4.78, 5) is 24.8. The van der Waals surface area contributed by atoms with Crippen molar-refractivity contribution >= 4 is 33.2 Å². The van der Waals surface area contributed by atoms with Gasteiger partial charge in [0.2, 0.25) is 0 Å². The zero-order valence-corrected chi connectivity index (χ0v) is 11.2. The number of rotatable bonds is 0. The van der Waals surface area contributed by atoms with E-state index in [0.29, 0.717) is 4.47 Å². The minimum atomic E-state index is -0.429. The number of benzene rings is 2. The van der Waals surface area contributed by atoms with Gasteiger partial charge in [-0.25, -0.2) is 0 Å². The van der Waals surface area contributed by atoms with Crippen molar-refractivity contribution in [3.05, 3.63) is 57.1 Å². The number of carbonyl (C=O) groups is 2. The Bertz CT molecular complexity index is 753. The molecule has 0 radical (unpaired) electrons. The highest BCUT2D eigenvalue weighted by molar-refractivity contribution is 9.10. The molecule has 1 aliphatic rings. The molecule has 0 bridgehead atoms. The van der Waals surface area contributed by atoms with E-state index in [1.807, 2.05) is 0 Å². The second kappa shape index (κ2) is 3.93. The van der Waals surface area contributed by atoms with E-state index in [9.17, 15) is 14.7 Å². The van der Waals surface area contributed by atoms with E-state index in [-0.39, 0.29) is 39.5 Å². The standard InChI is InChI=1S/C14H8BrNO3/c15-8-5-4-7-11(13(8)18)14(19)10-6(12(7)17)2-1-3-9(10)16/h1-5,18H,16H2. The van der Waals surface area contributed by atoms with Crippen LogP contribution < -0.4 is 5.73 Å². The number of halogens is 1. The van der Waals surface area contributed by atoms with Crippen LogP contribution in [0.2, 0.25) is 0 Å². The highest BCUT2D eigenvalue weighted by Gasteiger charge is 2.33. The van der Waals surface area contributed by atoms with Gasteiger partial charge in [-0.05, 0) is 34.1 Å². The topological polar surface area (TPSA) is 80.4 Å². The third-order valence-corrected chi connectivity index (χ3v) is 3.81. The molecule has 0 saturated heterocycles. The van der Waals surface area contributed by atoms with Gasteiger partial charge in [0.25, 0.3) is 0 Å². The average Bonchev–Trinajstić information content (AvgIpc) is 2.39. The third-order valence-electron chi connectivity index (χ3n) is 3.17. The van der Waals surface area contributed by atoms with Gasteiger partial charge in [0.05, 0.1) is 15.6 Å².